The van der Waals surface area contributed by atoms with Gasteiger partial charge in [0.15, 0.2) is 0 Å². The minimum absolute atomic E-state index is 0.0283. The Kier molecular flexibility index (Phi) is 5.98. The van der Waals surface area contributed by atoms with E-state index in [1.165, 1.54) is 18.2 Å². The molecule has 0 bridgehead atoms. The summed E-state index contributed by atoms with van der Waals surface area (Å²) in [4.78, 5) is 11.7. The van der Waals surface area contributed by atoms with Crippen LogP contribution in [0, 0.1) is 0 Å². The zero-order valence-corrected chi connectivity index (χ0v) is 13.1. The number of hydrogen-bond acceptors (Lipinski definition) is 4. The molecule has 0 fully saturated rings. The van der Waals surface area contributed by atoms with E-state index in [4.69, 9.17) is 5.73 Å². The van der Waals surface area contributed by atoms with Gasteiger partial charge in [0.2, 0.25) is 10.0 Å². The maximum atomic E-state index is 13.0. The van der Waals surface area contributed by atoms with Crippen molar-refractivity contribution in [3.05, 3.63) is 29.8 Å². The van der Waals surface area contributed by atoms with Gasteiger partial charge in [0.1, 0.15) is 0 Å². The van der Waals surface area contributed by atoms with E-state index in [0.717, 1.165) is 6.07 Å². The number of nitrogens with one attached hydrogen (secondary N) is 2. The number of carbonyl (C=O) groups is 1. The van der Waals surface area contributed by atoms with Crippen LogP contribution >= 0.6 is 0 Å². The minimum Gasteiger partial charge on any atom is -0.346 e. The summed E-state index contributed by atoms with van der Waals surface area (Å²) < 4.78 is 52.4. The third-order valence-corrected chi connectivity index (χ3v) is 4.26. The molecule has 1 aromatic carbocycles. The fourth-order valence-corrected chi connectivity index (χ4v) is 2.86. The largest absolute Gasteiger partial charge is 0.346 e. The van der Waals surface area contributed by atoms with Gasteiger partial charge in [-0.2, -0.15) is 0 Å². The first-order valence-corrected chi connectivity index (χ1v) is 8.04. The maximum absolute atomic E-state index is 13.0. The molecular weight excluding hydrogens is 316 g/mol. The maximum Gasteiger partial charge on any atom is 0.277 e. The molecule has 1 amide bonds. The van der Waals surface area contributed by atoms with Crippen LogP contribution in [0.2, 0.25) is 0 Å². The van der Waals surface area contributed by atoms with Crippen LogP contribution in [0.4, 0.5) is 8.78 Å². The van der Waals surface area contributed by atoms with Crippen molar-refractivity contribution in [2.45, 2.75) is 30.7 Å². The molecule has 0 radical (unpaired) electrons. The summed E-state index contributed by atoms with van der Waals surface area (Å²) in [7, 11) is -3.76. The van der Waals surface area contributed by atoms with Crippen LogP contribution in [0.15, 0.2) is 29.2 Å². The SMILES string of the molecule is CC(C)NS(=O)(=O)c1cccc(C(=O)NCC(F)(F)CN)c1. The predicted octanol–water partition coefficient (Wildman–Crippen LogP) is 0.697. The highest BCUT2D eigenvalue weighted by molar-refractivity contribution is 7.89. The van der Waals surface area contributed by atoms with Gasteiger partial charge in [-0.25, -0.2) is 21.9 Å². The number of hydrogen-bond donors (Lipinski definition) is 3. The number of rotatable bonds is 7. The number of nitrogens with two attached hydrogens (primary N) is 1. The van der Waals surface area contributed by atoms with E-state index in [9.17, 15) is 22.0 Å². The van der Waals surface area contributed by atoms with Crippen molar-refractivity contribution in [2.75, 3.05) is 13.1 Å². The normalized spacial score (nSPS) is 12.5. The van der Waals surface area contributed by atoms with Gasteiger partial charge in [0.25, 0.3) is 11.8 Å². The summed E-state index contributed by atoms with van der Waals surface area (Å²) in [6, 6.07) is 4.83. The first-order valence-electron chi connectivity index (χ1n) is 6.56. The van der Waals surface area contributed by atoms with Crippen molar-refractivity contribution in [2.24, 2.45) is 5.73 Å². The van der Waals surface area contributed by atoms with Crippen LogP contribution in [0.3, 0.4) is 0 Å². The van der Waals surface area contributed by atoms with E-state index in [2.05, 4.69) is 4.72 Å². The number of carbonyl (C=O) groups excluding carboxylic acids is 1. The zero-order chi connectivity index (χ0) is 17.0. The molecule has 22 heavy (non-hydrogen) atoms. The van der Waals surface area contributed by atoms with E-state index in [1.807, 2.05) is 5.32 Å². The lowest BCUT2D eigenvalue weighted by Gasteiger charge is -2.15. The molecule has 0 unspecified atom stereocenters. The average molecular weight is 335 g/mol. The van der Waals surface area contributed by atoms with Crippen molar-refractivity contribution < 1.29 is 22.0 Å². The van der Waals surface area contributed by atoms with Crippen LogP contribution in [0.5, 0.6) is 0 Å². The Morgan fingerprint density at radius 2 is 2.00 bits per heavy atom. The van der Waals surface area contributed by atoms with Crippen LogP contribution in [0.1, 0.15) is 24.2 Å². The van der Waals surface area contributed by atoms with Gasteiger partial charge in [-0.1, -0.05) is 6.07 Å². The quantitative estimate of drug-likeness (QED) is 0.682. The second-order valence-electron chi connectivity index (χ2n) is 5.05. The van der Waals surface area contributed by atoms with Gasteiger partial charge in [-0.05, 0) is 32.0 Å². The molecule has 0 atom stereocenters. The lowest BCUT2D eigenvalue weighted by molar-refractivity contribution is 0.0118. The third kappa shape index (κ3) is 5.32. The van der Waals surface area contributed by atoms with Crippen molar-refractivity contribution in [3.63, 3.8) is 0 Å². The highest BCUT2D eigenvalue weighted by Gasteiger charge is 2.27. The molecular formula is C13H19F2N3O3S. The summed E-state index contributed by atoms with van der Waals surface area (Å²) in [5, 5.41) is 2.03. The van der Waals surface area contributed by atoms with Gasteiger partial charge in [-0.15, -0.1) is 0 Å². The molecule has 4 N–H and O–H groups in total. The van der Waals surface area contributed by atoms with Crippen molar-refractivity contribution in [3.8, 4) is 0 Å². The van der Waals surface area contributed by atoms with E-state index >= 15 is 0 Å². The van der Waals surface area contributed by atoms with Crippen LogP contribution in [-0.4, -0.2) is 39.4 Å². The monoisotopic (exact) mass is 335 g/mol. The van der Waals surface area contributed by atoms with Gasteiger partial charge in [0, 0.05) is 11.6 Å². The zero-order valence-electron chi connectivity index (χ0n) is 12.3. The van der Waals surface area contributed by atoms with Crippen molar-refractivity contribution in [1.82, 2.24) is 10.0 Å². The molecule has 1 rings (SSSR count). The Bertz CT molecular complexity index is 633. The first kappa shape index (κ1) is 18.5. The molecule has 1 aromatic rings. The fourth-order valence-electron chi connectivity index (χ4n) is 1.57. The van der Waals surface area contributed by atoms with E-state index in [-0.39, 0.29) is 16.5 Å². The highest BCUT2D eigenvalue weighted by Crippen LogP contribution is 2.13. The summed E-state index contributed by atoms with van der Waals surface area (Å²) in [5.41, 5.74) is 4.84. The molecule has 9 heteroatoms. The number of halogens is 2. The van der Waals surface area contributed by atoms with E-state index in [0.29, 0.717) is 0 Å². The molecule has 0 aliphatic rings. The molecule has 0 aliphatic heterocycles. The number of alkyl halides is 2. The molecule has 0 heterocycles. The molecule has 0 aliphatic carbocycles. The fraction of sp³-hybridized carbons (Fsp3) is 0.462. The van der Waals surface area contributed by atoms with Gasteiger partial charge in [0.05, 0.1) is 18.0 Å². The Hall–Kier alpha value is -1.58. The van der Waals surface area contributed by atoms with Gasteiger partial charge >= 0.3 is 0 Å². The van der Waals surface area contributed by atoms with Crippen LogP contribution in [0.25, 0.3) is 0 Å². The molecule has 124 valence electrons. The van der Waals surface area contributed by atoms with E-state index < -0.39 is 34.9 Å². The average Bonchev–Trinajstić information content (AvgIpc) is 2.43. The Balaban J connectivity index is 2.90. The summed E-state index contributed by atoms with van der Waals surface area (Å²) in [5.74, 6) is -4.01. The Morgan fingerprint density at radius 1 is 1.36 bits per heavy atom. The standard InChI is InChI=1S/C13H19F2N3O3S/c1-9(2)18-22(20,21)11-5-3-4-10(6-11)12(19)17-8-13(14,15)7-16/h3-6,9,18H,7-8,16H2,1-2H3,(H,17,19). The van der Waals surface area contributed by atoms with Crippen molar-refractivity contribution in [1.29, 1.82) is 0 Å². The second kappa shape index (κ2) is 7.12. The third-order valence-electron chi connectivity index (χ3n) is 2.60. The van der Waals surface area contributed by atoms with Gasteiger partial charge in [-0.3, -0.25) is 4.79 Å². The summed E-state index contributed by atoms with van der Waals surface area (Å²) >= 11 is 0. The minimum atomic E-state index is -3.76. The Morgan fingerprint density at radius 3 is 2.55 bits per heavy atom. The molecule has 6 nitrogen and oxygen atoms in total. The second-order valence-corrected chi connectivity index (χ2v) is 6.76. The van der Waals surface area contributed by atoms with Crippen LogP contribution in [-0.2, 0) is 10.0 Å². The first-order chi connectivity index (χ1) is 10.1. The van der Waals surface area contributed by atoms with Gasteiger partial charge < -0.3 is 11.1 Å². The smallest absolute Gasteiger partial charge is 0.277 e. The van der Waals surface area contributed by atoms with Crippen molar-refractivity contribution >= 4 is 15.9 Å². The number of sulfonamides is 1. The predicted molar refractivity (Wildman–Crippen MR) is 78.2 cm³/mol. The lowest BCUT2D eigenvalue weighted by atomic mass is 10.2. The number of amides is 1. The Labute approximate surface area is 128 Å². The number of benzene rings is 1. The molecule has 0 spiro atoms. The summed E-state index contributed by atoms with van der Waals surface area (Å²) in [6.45, 7) is 1.51. The van der Waals surface area contributed by atoms with Crippen LogP contribution < -0.4 is 15.8 Å². The highest BCUT2D eigenvalue weighted by atomic mass is 32.2. The molecule has 0 saturated heterocycles. The van der Waals surface area contributed by atoms with E-state index in [1.54, 1.807) is 13.8 Å². The molecule has 0 aromatic heterocycles. The molecule has 0 saturated carbocycles. The summed E-state index contributed by atoms with van der Waals surface area (Å²) in [6.07, 6.45) is 0. The topological polar surface area (TPSA) is 101 Å². The lowest BCUT2D eigenvalue weighted by Crippen LogP contribution is -2.41.